The summed E-state index contributed by atoms with van der Waals surface area (Å²) < 4.78 is 26.2. The maximum atomic E-state index is 13.2. The molecule has 0 saturated heterocycles. The lowest BCUT2D eigenvalue weighted by Crippen LogP contribution is -2.18. The van der Waals surface area contributed by atoms with Gasteiger partial charge in [0.25, 0.3) is 0 Å². The quantitative estimate of drug-likeness (QED) is 0.459. The Kier molecular flexibility index (Phi) is 5.19. The summed E-state index contributed by atoms with van der Waals surface area (Å²) in [6, 6.07) is 2.20. The van der Waals surface area contributed by atoms with Crippen LogP contribution < -0.4 is 0 Å². The maximum absolute atomic E-state index is 13.2. The monoisotopic (exact) mass is 338 g/mol. The fourth-order valence-corrected chi connectivity index (χ4v) is 2.92. The highest BCUT2D eigenvalue weighted by Gasteiger charge is 2.24. The zero-order valence-corrected chi connectivity index (χ0v) is 13.4. The van der Waals surface area contributed by atoms with Crippen LogP contribution in [0.5, 0.6) is 0 Å². The van der Waals surface area contributed by atoms with E-state index in [1.807, 2.05) is 0 Å². The smallest absolute Gasteiger partial charge is 0.160 e. The molecule has 1 aromatic carbocycles. The molecule has 1 rings (SSSR count). The topological polar surface area (TPSA) is 0 Å². The minimum Gasteiger partial charge on any atom is -0.204 e. The summed E-state index contributed by atoms with van der Waals surface area (Å²) in [5.41, 5.74) is 0.767. The first-order chi connectivity index (χ1) is 8.12. The number of halogens is 4. The number of hydrogen-bond acceptors (Lipinski definition) is 0. The lowest BCUT2D eigenvalue weighted by atomic mass is 9.79. The van der Waals surface area contributed by atoms with E-state index in [9.17, 15) is 8.78 Å². The molecule has 0 aliphatic rings. The Bertz CT molecular complexity index is 427. The molecule has 18 heavy (non-hydrogen) atoms. The molecule has 0 aliphatic carbocycles. The molecule has 1 aromatic rings. The highest BCUT2D eigenvalue weighted by atomic mass is 79.9. The highest BCUT2D eigenvalue weighted by Crippen LogP contribution is 2.40. The Balaban J connectivity index is 2.91. The van der Waals surface area contributed by atoms with Crippen LogP contribution in [0.3, 0.4) is 0 Å². The maximum Gasteiger partial charge on any atom is 0.160 e. The third kappa shape index (κ3) is 3.92. The van der Waals surface area contributed by atoms with Gasteiger partial charge in [0, 0.05) is 9.85 Å². The van der Waals surface area contributed by atoms with Crippen LogP contribution in [0.15, 0.2) is 12.1 Å². The minimum atomic E-state index is -0.910. The van der Waals surface area contributed by atoms with Crippen LogP contribution in [0.2, 0.25) is 5.02 Å². The largest absolute Gasteiger partial charge is 0.204 e. The molecular formula is C14H18BrClF2. The summed E-state index contributed by atoms with van der Waals surface area (Å²) in [7, 11) is 0. The summed E-state index contributed by atoms with van der Waals surface area (Å²) in [4.78, 5) is -0.0747. The molecule has 0 N–H and O–H groups in total. The second kappa shape index (κ2) is 5.87. The van der Waals surface area contributed by atoms with Crippen molar-refractivity contribution in [1.29, 1.82) is 0 Å². The highest BCUT2D eigenvalue weighted by molar-refractivity contribution is 9.09. The van der Waals surface area contributed by atoms with Gasteiger partial charge in [-0.2, -0.15) is 0 Å². The van der Waals surface area contributed by atoms with Crippen molar-refractivity contribution in [3.05, 3.63) is 34.4 Å². The number of hydrogen-bond donors (Lipinski definition) is 0. The molecule has 0 heterocycles. The lowest BCUT2D eigenvalue weighted by Gasteiger charge is -2.29. The van der Waals surface area contributed by atoms with Crippen molar-refractivity contribution < 1.29 is 8.78 Å². The number of rotatable bonds is 3. The van der Waals surface area contributed by atoms with Crippen molar-refractivity contribution in [1.82, 2.24) is 0 Å². The first kappa shape index (κ1) is 15.9. The Morgan fingerprint density at radius 3 is 2.22 bits per heavy atom. The van der Waals surface area contributed by atoms with Crippen molar-refractivity contribution >= 4 is 27.5 Å². The Morgan fingerprint density at radius 2 is 1.72 bits per heavy atom. The van der Waals surface area contributed by atoms with E-state index < -0.39 is 11.6 Å². The van der Waals surface area contributed by atoms with Crippen molar-refractivity contribution in [3.8, 4) is 0 Å². The van der Waals surface area contributed by atoms with E-state index in [1.165, 1.54) is 6.07 Å². The van der Waals surface area contributed by atoms with Gasteiger partial charge < -0.3 is 0 Å². The predicted molar refractivity (Wildman–Crippen MR) is 76.3 cm³/mol. The van der Waals surface area contributed by atoms with Crippen LogP contribution in [-0.2, 0) is 0 Å². The fourth-order valence-electron chi connectivity index (χ4n) is 1.57. The third-order valence-corrected chi connectivity index (χ3v) is 4.61. The van der Waals surface area contributed by atoms with Gasteiger partial charge in [-0.05, 0) is 35.4 Å². The van der Waals surface area contributed by atoms with Gasteiger partial charge in [-0.15, -0.1) is 0 Å². The van der Waals surface area contributed by atoms with Crippen LogP contribution in [0, 0.1) is 23.0 Å². The fraction of sp³-hybridized carbons (Fsp3) is 0.571. The van der Waals surface area contributed by atoms with E-state index in [0.29, 0.717) is 11.5 Å². The van der Waals surface area contributed by atoms with E-state index in [0.717, 1.165) is 12.5 Å². The molecule has 4 heteroatoms. The van der Waals surface area contributed by atoms with Gasteiger partial charge in [0.05, 0.1) is 0 Å². The Labute approximate surface area is 121 Å². The van der Waals surface area contributed by atoms with Gasteiger partial charge in [-0.3, -0.25) is 0 Å². The molecular weight excluding hydrogens is 322 g/mol. The van der Waals surface area contributed by atoms with E-state index in [1.54, 1.807) is 0 Å². The third-order valence-electron chi connectivity index (χ3n) is 3.42. The van der Waals surface area contributed by atoms with E-state index in [4.69, 9.17) is 11.6 Å². The minimum absolute atomic E-state index is 0.0747. The summed E-state index contributed by atoms with van der Waals surface area (Å²) in [6.07, 6.45) is 0.814. The average molecular weight is 340 g/mol. The molecule has 0 aromatic heterocycles. The van der Waals surface area contributed by atoms with Gasteiger partial charge in [-0.1, -0.05) is 55.2 Å². The zero-order chi connectivity index (χ0) is 14.1. The van der Waals surface area contributed by atoms with Gasteiger partial charge in [0.1, 0.15) is 0 Å². The second-order valence-corrected chi connectivity index (χ2v) is 7.27. The summed E-state index contributed by atoms with van der Waals surface area (Å²) >= 11 is 9.47. The van der Waals surface area contributed by atoms with Gasteiger partial charge in [0.2, 0.25) is 0 Å². The van der Waals surface area contributed by atoms with Crippen molar-refractivity contribution in [2.24, 2.45) is 11.3 Å². The first-order valence-electron chi connectivity index (χ1n) is 5.91. The average Bonchev–Trinajstić information content (AvgIpc) is 2.21. The SMILES string of the molecule is CC(CC(Br)c1cc(F)c(F)cc1Cl)C(C)(C)C. The lowest BCUT2D eigenvalue weighted by molar-refractivity contribution is 0.246. The van der Waals surface area contributed by atoms with Gasteiger partial charge in [0.15, 0.2) is 11.6 Å². The van der Waals surface area contributed by atoms with Crippen molar-refractivity contribution in [3.63, 3.8) is 0 Å². The van der Waals surface area contributed by atoms with Crippen LogP contribution in [0.4, 0.5) is 8.78 Å². The molecule has 2 atom stereocenters. The van der Waals surface area contributed by atoms with Crippen LogP contribution >= 0.6 is 27.5 Å². The molecule has 0 bridgehead atoms. The van der Waals surface area contributed by atoms with Crippen LogP contribution in [-0.4, -0.2) is 0 Å². The molecule has 0 saturated carbocycles. The van der Waals surface area contributed by atoms with E-state index in [2.05, 4.69) is 43.6 Å². The van der Waals surface area contributed by atoms with Gasteiger partial charge in [-0.25, -0.2) is 8.78 Å². The molecule has 0 radical (unpaired) electrons. The predicted octanol–water partition coefficient (Wildman–Crippen LogP) is 6.13. The first-order valence-corrected chi connectivity index (χ1v) is 7.20. The molecule has 0 aliphatic heterocycles. The zero-order valence-electron chi connectivity index (χ0n) is 11.0. The Morgan fingerprint density at radius 1 is 1.22 bits per heavy atom. The number of alkyl halides is 1. The molecule has 0 fully saturated rings. The van der Waals surface area contributed by atoms with Crippen molar-refractivity contribution in [2.75, 3.05) is 0 Å². The van der Waals surface area contributed by atoms with E-state index >= 15 is 0 Å². The second-order valence-electron chi connectivity index (χ2n) is 5.76. The molecule has 0 spiro atoms. The summed E-state index contributed by atoms with van der Waals surface area (Å²) in [5.74, 6) is -1.35. The summed E-state index contributed by atoms with van der Waals surface area (Å²) in [5, 5.41) is 0.261. The standard InChI is InChI=1S/C14H18BrClF2/c1-8(14(2,3)4)5-10(15)9-6-12(17)13(18)7-11(9)16/h6-8,10H,5H2,1-4H3. The molecule has 0 amide bonds. The Hall–Kier alpha value is -0.150. The van der Waals surface area contributed by atoms with Crippen molar-refractivity contribution in [2.45, 2.75) is 38.9 Å². The van der Waals surface area contributed by atoms with E-state index in [-0.39, 0.29) is 15.3 Å². The normalized spacial score (nSPS) is 15.6. The summed E-state index contributed by atoms with van der Waals surface area (Å²) in [6.45, 7) is 8.61. The number of benzene rings is 1. The van der Waals surface area contributed by atoms with Gasteiger partial charge >= 0.3 is 0 Å². The van der Waals surface area contributed by atoms with Crippen LogP contribution in [0.25, 0.3) is 0 Å². The molecule has 2 unspecified atom stereocenters. The molecule has 0 nitrogen and oxygen atoms in total. The molecule has 102 valence electrons. The van der Waals surface area contributed by atoms with Crippen LogP contribution in [0.1, 0.15) is 44.5 Å².